The van der Waals surface area contributed by atoms with E-state index in [0.29, 0.717) is 0 Å². The van der Waals surface area contributed by atoms with Crippen LogP contribution in [0.2, 0.25) is 0 Å². The molecule has 1 aliphatic carbocycles. The lowest BCUT2D eigenvalue weighted by Gasteiger charge is -2.22. The van der Waals surface area contributed by atoms with Gasteiger partial charge in [-0.3, -0.25) is 4.79 Å². The van der Waals surface area contributed by atoms with Crippen LogP contribution in [0.15, 0.2) is 23.1 Å². The highest BCUT2D eigenvalue weighted by atomic mass is 32.2. The van der Waals surface area contributed by atoms with Gasteiger partial charge in [-0.1, -0.05) is 19.8 Å². The summed E-state index contributed by atoms with van der Waals surface area (Å²) in [5.74, 6) is -1.14. The summed E-state index contributed by atoms with van der Waals surface area (Å²) in [6.45, 7) is 1.88. The molecule has 0 saturated heterocycles. The Hall–Kier alpha value is -1.47. The van der Waals surface area contributed by atoms with E-state index in [0.717, 1.165) is 37.8 Å². The molecule has 7 heteroatoms. The van der Waals surface area contributed by atoms with Gasteiger partial charge in [-0.15, -0.1) is 0 Å². The number of anilines is 1. The van der Waals surface area contributed by atoms with E-state index < -0.39 is 26.2 Å². The van der Waals surface area contributed by atoms with Crippen LogP contribution >= 0.6 is 0 Å². The minimum absolute atomic E-state index is 0.169. The van der Waals surface area contributed by atoms with Crippen LogP contribution in [0.3, 0.4) is 0 Å². The molecule has 1 aromatic carbocycles. The fraction of sp³-hybridized carbons (Fsp3) is 0.462. The lowest BCUT2D eigenvalue weighted by molar-refractivity contribution is -0.124. The molecule has 1 fully saturated rings. The topological polar surface area (TPSA) is 89.3 Å². The maximum absolute atomic E-state index is 13.7. The third-order valence-corrected chi connectivity index (χ3v) is 4.70. The van der Waals surface area contributed by atoms with Crippen molar-refractivity contribution in [2.24, 2.45) is 10.6 Å². The van der Waals surface area contributed by atoms with E-state index in [2.05, 4.69) is 5.32 Å². The van der Waals surface area contributed by atoms with Crippen molar-refractivity contribution in [3.05, 3.63) is 24.0 Å². The number of halogens is 1. The van der Waals surface area contributed by atoms with Gasteiger partial charge < -0.3 is 5.32 Å². The van der Waals surface area contributed by atoms with E-state index in [1.165, 1.54) is 6.07 Å². The first-order chi connectivity index (χ1) is 9.22. The Labute approximate surface area is 117 Å². The number of benzene rings is 1. The maximum atomic E-state index is 13.7. The maximum Gasteiger partial charge on any atom is 0.240 e. The van der Waals surface area contributed by atoms with E-state index in [9.17, 15) is 17.6 Å². The molecule has 0 aliphatic heterocycles. The Morgan fingerprint density at radius 3 is 2.45 bits per heavy atom. The molecular weight excluding hydrogens is 283 g/mol. The van der Waals surface area contributed by atoms with Crippen molar-refractivity contribution in [1.29, 1.82) is 0 Å². The molecule has 1 saturated carbocycles. The average molecular weight is 300 g/mol. The predicted molar refractivity (Wildman–Crippen MR) is 73.0 cm³/mol. The minimum atomic E-state index is -4.09. The number of amides is 1. The quantitative estimate of drug-likeness (QED) is 0.894. The van der Waals surface area contributed by atoms with Crippen LogP contribution in [0.4, 0.5) is 10.1 Å². The zero-order valence-electron chi connectivity index (χ0n) is 11.1. The van der Waals surface area contributed by atoms with Gasteiger partial charge in [0.25, 0.3) is 0 Å². The Bertz CT molecular complexity index is 637. The predicted octanol–water partition coefficient (Wildman–Crippen LogP) is 1.99. The summed E-state index contributed by atoms with van der Waals surface area (Å²) >= 11 is 0. The fourth-order valence-corrected chi connectivity index (χ4v) is 3.06. The normalized spacial score (nSPS) is 17.9. The van der Waals surface area contributed by atoms with Crippen LogP contribution in [0, 0.1) is 11.2 Å². The van der Waals surface area contributed by atoms with Crippen LogP contribution in [0.25, 0.3) is 0 Å². The van der Waals surface area contributed by atoms with Crippen molar-refractivity contribution >= 4 is 21.6 Å². The smallest absolute Gasteiger partial charge is 0.240 e. The number of primary sulfonamides is 1. The Morgan fingerprint density at radius 1 is 1.35 bits per heavy atom. The van der Waals surface area contributed by atoms with Gasteiger partial charge in [0.15, 0.2) is 0 Å². The average Bonchev–Trinajstić information content (AvgIpc) is 2.76. The van der Waals surface area contributed by atoms with Gasteiger partial charge in [-0.05, 0) is 31.0 Å². The number of nitrogens with one attached hydrogen (secondary N) is 1. The SMILES string of the molecule is CC1(C(=O)Nc2ccc(S(N)(=O)=O)c(F)c2)CCCC1. The highest BCUT2D eigenvalue weighted by molar-refractivity contribution is 7.89. The molecule has 1 aromatic rings. The molecule has 5 nitrogen and oxygen atoms in total. The molecule has 0 radical (unpaired) electrons. The highest BCUT2D eigenvalue weighted by Crippen LogP contribution is 2.38. The summed E-state index contributed by atoms with van der Waals surface area (Å²) in [5.41, 5.74) is -0.206. The van der Waals surface area contributed by atoms with Crippen molar-refractivity contribution < 1.29 is 17.6 Å². The monoisotopic (exact) mass is 300 g/mol. The second kappa shape index (κ2) is 5.14. The van der Waals surface area contributed by atoms with Crippen LogP contribution in [-0.4, -0.2) is 14.3 Å². The molecule has 0 unspecified atom stereocenters. The minimum Gasteiger partial charge on any atom is -0.326 e. The molecule has 1 amide bonds. The number of carbonyl (C=O) groups excluding carboxylic acids is 1. The summed E-state index contributed by atoms with van der Waals surface area (Å²) in [6, 6.07) is 3.35. The number of sulfonamides is 1. The summed E-state index contributed by atoms with van der Waals surface area (Å²) in [4.78, 5) is 11.6. The standard InChI is InChI=1S/C13H17FN2O3S/c1-13(6-2-3-7-13)12(17)16-9-4-5-11(10(14)8-9)20(15,18)19/h4-5,8H,2-3,6-7H2,1H3,(H,16,17)(H2,15,18,19). The number of hydrogen-bond acceptors (Lipinski definition) is 3. The molecule has 0 spiro atoms. The second-order valence-corrected chi connectivity index (χ2v) is 6.94. The molecule has 110 valence electrons. The van der Waals surface area contributed by atoms with E-state index in [4.69, 9.17) is 5.14 Å². The van der Waals surface area contributed by atoms with Gasteiger partial charge in [-0.25, -0.2) is 17.9 Å². The Balaban J connectivity index is 2.19. The third-order valence-electron chi connectivity index (χ3n) is 3.75. The van der Waals surface area contributed by atoms with Gasteiger partial charge in [0.05, 0.1) is 0 Å². The lowest BCUT2D eigenvalue weighted by Crippen LogP contribution is -2.30. The highest BCUT2D eigenvalue weighted by Gasteiger charge is 2.36. The summed E-state index contributed by atoms with van der Waals surface area (Å²) in [6.07, 6.45) is 3.61. The largest absolute Gasteiger partial charge is 0.326 e. The van der Waals surface area contributed by atoms with Crippen LogP contribution in [0.5, 0.6) is 0 Å². The summed E-state index contributed by atoms with van der Waals surface area (Å²) in [7, 11) is -4.09. The van der Waals surface area contributed by atoms with Crippen molar-refractivity contribution in [1.82, 2.24) is 0 Å². The van der Waals surface area contributed by atoms with Crippen LogP contribution < -0.4 is 10.5 Å². The number of carbonyl (C=O) groups is 1. The van der Waals surface area contributed by atoms with Gasteiger partial charge in [0.1, 0.15) is 10.7 Å². The molecule has 2 rings (SSSR count). The van der Waals surface area contributed by atoms with Crippen molar-refractivity contribution in [2.75, 3.05) is 5.32 Å². The van der Waals surface area contributed by atoms with E-state index in [-0.39, 0.29) is 11.6 Å². The van der Waals surface area contributed by atoms with E-state index in [1.54, 1.807) is 0 Å². The Morgan fingerprint density at radius 2 is 1.95 bits per heavy atom. The summed E-state index contributed by atoms with van der Waals surface area (Å²) < 4.78 is 35.9. The zero-order valence-corrected chi connectivity index (χ0v) is 12.0. The van der Waals surface area contributed by atoms with E-state index in [1.807, 2.05) is 6.92 Å². The third kappa shape index (κ3) is 2.99. The molecule has 1 aliphatic rings. The van der Waals surface area contributed by atoms with Gasteiger partial charge >= 0.3 is 0 Å². The number of hydrogen-bond donors (Lipinski definition) is 2. The van der Waals surface area contributed by atoms with Crippen molar-refractivity contribution in [3.63, 3.8) is 0 Å². The number of nitrogens with two attached hydrogens (primary N) is 1. The zero-order chi connectivity index (χ0) is 15.0. The first kappa shape index (κ1) is 14.9. The molecule has 0 aromatic heterocycles. The lowest BCUT2D eigenvalue weighted by atomic mass is 9.88. The van der Waals surface area contributed by atoms with Crippen molar-refractivity contribution in [2.45, 2.75) is 37.5 Å². The first-order valence-corrected chi connectivity index (χ1v) is 7.91. The van der Waals surface area contributed by atoms with Gasteiger partial charge in [-0.2, -0.15) is 0 Å². The Kier molecular flexibility index (Phi) is 3.84. The van der Waals surface area contributed by atoms with Gasteiger partial charge in [0.2, 0.25) is 15.9 Å². The number of rotatable bonds is 3. The van der Waals surface area contributed by atoms with Crippen LogP contribution in [-0.2, 0) is 14.8 Å². The fourth-order valence-electron chi connectivity index (χ4n) is 2.47. The molecule has 3 N–H and O–H groups in total. The second-order valence-electron chi connectivity index (χ2n) is 5.41. The molecule has 0 heterocycles. The first-order valence-electron chi connectivity index (χ1n) is 6.36. The molecular formula is C13H17FN2O3S. The molecule has 0 bridgehead atoms. The van der Waals surface area contributed by atoms with E-state index >= 15 is 0 Å². The van der Waals surface area contributed by atoms with Crippen LogP contribution in [0.1, 0.15) is 32.6 Å². The van der Waals surface area contributed by atoms with Crippen molar-refractivity contribution in [3.8, 4) is 0 Å². The summed E-state index contributed by atoms with van der Waals surface area (Å²) in [5, 5.41) is 7.50. The molecule has 20 heavy (non-hydrogen) atoms. The van der Waals surface area contributed by atoms with Gasteiger partial charge in [0, 0.05) is 11.1 Å². The molecule has 0 atom stereocenters.